The maximum absolute atomic E-state index is 13.3. The van der Waals surface area contributed by atoms with E-state index in [9.17, 15) is 15.3 Å². The summed E-state index contributed by atoms with van der Waals surface area (Å²) < 4.78 is 0. The summed E-state index contributed by atoms with van der Waals surface area (Å²) in [4.78, 5) is 15.2. The van der Waals surface area contributed by atoms with Gasteiger partial charge in [0.2, 0.25) is 0 Å². The highest BCUT2D eigenvalue weighted by Crippen LogP contribution is 2.47. The van der Waals surface area contributed by atoms with Crippen LogP contribution in [-0.2, 0) is 4.79 Å². The zero-order valence-corrected chi connectivity index (χ0v) is 17.7. The zero-order chi connectivity index (χ0) is 22.1. The van der Waals surface area contributed by atoms with Crippen molar-refractivity contribution < 1.29 is 9.90 Å². The van der Waals surface area contributed by atoms with Gasteiger partial charge in [-0.3, -0.25) is 15.1 Å². The number of carbonyl (C=O) groups excluding carboxylic acids is 1. The van der Waals surface area contributed by atoms with Crippen LogP contribution >= 0.6 is 0 Å². The molecule has 32 heavy (non-hydrogen) atoms. The molecule has 0 saturated carbocycles. The molecule has 2 N–H and O–H groups in total. The number of nitrogens with one attached hydrogen (secondary N) is 1. The number of allylic oxidation sites excluding steroid dienone is 2. The molecule has 1 heterocycles. The summed E-state index contributed by atoms with van der Waals surface area (Å²) in [5.74, 6) is -0.145. The second-order valence-electron chi connectivity index (χ2n) is 8.13. The van der Waals surface area contributed by atoms with Crippen LogP contribution in [-0.4, -0.2) is 16.7 Å². The van der Waals surface area contributed by atoms with Crippen LogP contribution in [0.2, 0.25) is 0 Å². The summed E-state index contributed by atoms with van der Waals surface area (Å²) in [7, 11) is 0. The SMILES string of the molecule is N=C1/C(=C(/O)c2ccccc2)C(c2ccccc2)C2=C(CCCC2=O)N1c1ccccc1. The second kappa shape index (κ2) is 8.31. The van der Waals surface area contributed by atoms with Gasteiger partial charge in [-0.1, -0.05) is 78.9 Å². The van der Waals surface area contributed by atoms with Gasteiger partial charge >= 0.3 is 0 Å². The lowest BCUT2D eigenvalue weighted by atomic mass is 9.73. The van der Waals surface area contributed by atoms with Crippen molar-refractivity contribution in [2.75, 3.05) is 4.90 Å². The summed E-state index contributed by atoms with van der Waals surface area (Å²) in [6.45, 7) is 0. The topological polar surface area (TPSA) is 64.4 Å². The molecule has 0 fully saturated rings. The first-order valence-electron chi connectivity index (χ1n) is 10.9. The molecular formula is C28H24N2O2. The molecule has 0 bridgehead atoms. The standard InChI is InChI=1S/C28H24N2O2/c29-28-26(27(32)20-13-6-2-7-14-20)24(19-11-4-1-5-12-19)25-22(17-10-18-23(25)31)30(28)21-15-8-3-9-16-21/h1-9,11-16,24,29,32H,10,17-18H2/b27-26+,29-28?. The number of Topliss-reactive ketones (excluding diaryl/α,β-unsaturated/α-hetero) is 1. The van der Waals surface area contributed by atoms with Crippen molar-refractivity contribution in [3.63, 3.8) is 0 Å². The predicted octanol–water partition coefficient (Wildman–Crippen LogP) is 6.24. The van der Waals surface area contributed by atoms with Gasteiger partial charge in [-0.25, -0.2) is 0 Å². The molecular weight excluding hydrogens is 396 g/mol. The van der Waals surface area contributed by atoms with E-state index in [4.69, 9.17) is 0 Å². The number of rotatable bonds is 3. The Morgan fingerprint density at radius 1 is 0.844 bits per heavy atom. The summed E-state index contributed by atoms with van der Waals surface area (Å²) in [5, 5.41) is 20.7. The lowest BCUT2D eigenvalue weighted by molar-refractivity contribution is -0.116. The maximum atomic E-state index is 13.3. The highest BCUT2D eigenvalue weighted by atomic mass is 16.3. The minimum atomic E-state index is -0.480. The van der Waals surface area contributed by atoms with E-state index in [0.717, 1.165) is 29.8 Å². The molecule has 0 saturated heterocycles. The third-order valence-electron chi connectivity index (χ3n) is 6.20. The fourth-order valence-corrected chi connectivity index (χ4v) is 4.78. The number of anilines is 1. The number of aliphatic hydroxyl groups is 1. The van der Waals surface area contributed by atoms with E-state index >= 15 is 0 Å². The van der Waals surface area contributed by atoms with Crippen LogP contribution < -0.4 is 4.90 Å². The number of hydrogen-bond acceptors (Lipinski definition) is 3. The lowest BCUT2D eigenvalue weighted by Gasteiger charge is -2.41. The highest BCUT2D eigenvalue weighted by molar-refractivity contribution is 6.19. The third kappa shape index (κ3) is 3.34. The number of para-hydroxylation sites is 1. The van der Waals surface area contributed by atoms with Gasteiger partial charge in [-0.2, -0.15) is 0 Å². The second-order valence-corrected chi connectivity index (χ2v) is 8.13. The van der Waals surface area contributed by atoms with Crippen LogP contribution in [0.3, 0.4) is 0 Å². The van der Waals surface area contributed by atoms with Gasteiger partial charge in [0.05, 0.1) is 0 Å². The molecule has 158 valence electrons. The molecule has 3 aromatic rings. The summed E-state index contributed by atoms with van der Waals surface area (Å²) in [5.41, 5.74) is 4.39. The molecule has 0 spiro atoms. The van der Waals surface area contributed by atoms with E-state index in [1.807, 2.05) is 95.9 Å². The average Bonchev–Trinajstić information content (AvgIpc) is 2.85. The van der Waals surface area contributed by atoms with Gasteiger partial charge in [-0.05, 0) is 30.5 Å². The Labute approximate surface area is 187 Å². The first-order chi connectivity index (χ1) is 15.7. The van der Waals surface area contributed by atoms with Crippen molar-refractivity contribution in [3.8, 4) is 0 Å². The van der Waals surface area contributed by atoms with Crippen molar-refractivity contribution in [2.24, 2.45) is 0 Å². The molecule has 1 aliphatic heterocycles. The first-order valence-corrected chi connectivity index (χ1v) is 10.9. The largest absolute Gasteiger partial charge is 0.507 e. The Hall–Kier alpha value is -3.92. The van der Waals surface area contributed by atoms with Crippen LogP contribution in [0.4, 0.5) is 5.69 Å². The third-order valence-corrected chi connectivity index (χ3v) is 6.20. The van der Waals surface area contributed by atoms with Crippen molar-refractivity contribution in [2.45, 2.75) is 25.2 Å². The molecule has 0 radical (unpaired) electrons. The van der Waals surface area contributed by atoms with Crippen molar-refractivity contribution in [1.29, 1.82) is 5.41 Å². The molecule has 1 atom stereocenters. The Morgan fingerprint density at radius 3 is 2.09 bits per heavy atom. The molecule has 1 unspecified atom stereocenters. The van der Waals surface area contributed by atoms with Gasteiger partial charge in [0.1, 0.15) is 11.6 Å². The number of carbonyl (C=O) groups is 1. The van der Waals surface area contributed by atoms with E-state index in [-0.39, 0.29) is 17.4 Å². The maximum Gasteiger partial charge on any atom is 0.161 e. The van der Waals surface area contributed by atoms with Crippen LogP contribution in [0, 0.1) is 5.41 Å². The Bertz CT molecular complexity index is 1230. The molecule has 4 heteroatoms. The van der Waals surface area contributed by atoms with Crippen molar-refractivity contribution in [3.05, 3.63) is 119 Å². The Kier molecular flexibility index (Phi) is 5.20. The van der Waals surface area contributed by atoms with Gasteiger partial charge in [0, 0.05) is 40.4 Å². The van der Waals surface area contributed by atoms with E-state index in [2.05, 4.69) is 0 Å². The number of benzene rings is 3. The van der Waals surface area contributed by atoms with Crippen molar-refractivity contribution >= 4 is 23.1 Å². The molecule has 1 aliphatic carbocycles. The molecule has 0 aromatic heterocycles. The average molecular weight is 421 g/mol. The Morgan fingerprint density at radius 2 is 1.44 bits per heavy atom. The normalized spacial score (nSPS) is 20.2. The summed E-state index contributed by atoms with van der Waals surface area (Å²) in [6.07, 6.45) is 1.97. The van der Waals surface area contributed by atoms with Crippen molar-refractivity contribution in [1.82, 2.24) is 0 Å². The van der Waals surface area contributed by atoms with Gasteiger partial charge < -0.3 is 5.11 Å². The smallest absolute Gasteiger partial charge is 0.161 e. The van der Waals surface area contributed by atoms with Crippen LogP contribution in [0.5, 0.6) is 0 Å². The highest BCUT2D eigenvalue weighted by Gasteiger charge is 2.43. The first kappa shape index (κ1) is 20.0. The quantitative estimate of drug-likeness (QED) is 0.493. The number of hydrogen-bond donors (Lipinski definition) is 2. The van der Waals surface area contributed by atoms with E-state index < -0.39 is 5.92 Å². The van der Waals surface area contributed by atoms with Crippen LogP contribution in [0.25, 0.3) is 5.76 Å². The van der Waals surface area contributed by atoms with Crippen LogP contribution in [0.15, 0.2) is 108 Å². The lowest BCUT2D eigenvalue weighted by Crippen LogP contribution is -2.42. The summed E-state index contributed by atoms with van der Waals surface area (Å²) in [6, 6.07) is 28.7. The minimum Gasteiger partial charge on any atom is -0.507 e. The molecule has 0 amide bonds. The van der Waals surface area contributed by atoms with E-state index in [1.165, 1.54) is 0 Å². The molecule has 3 aromatic carbocycles. The fraction of sp³-hybridized carbons (Fsp3) is 0.143. The number of nitrogens with zero attached hydrogens (tertiary/aromatic N) is 1. The van der Waals surface area contributed by atoms with Gasteiger partial charge in [0.15, 0.2) is 5.78 Å². The van der Waals surface area contributed by atoms with Gasteiger partial charge in [-0.15, -0.1) is 0 Å². The monoisotopic (exact) mass is 420 g/mol. The zero-order valence-electron chi connectivity index (χ0n) is 17.7. The molecule has 5 rings (SSSR count). The Balaban J connectivity index is 1.83. The minimum absolute atomic E-state index is 0.0373. The van der Waals surface area contributed by atoms with Gasteiger partial charge in [0.25, 0.3) is 0 Å². The number of amidine groups is 1. The number of ketones is 1. The van der Waals surface area contributed by atoms with E-state index in [0.29, 0.717) is 23.1 Å². The molecule has 2 aliphatic rings. The summed E-state index contributed by atoms with van der Waals surface area (Å²) >= 11 is 0. The van der Waals surface area contributed by atoms with Crippen LogP contribution in [0.1, 0.15) is 36.3 Å². The molecule has 4 nitrogen and oxygen atoms in total. The fourth-order valence-electron chi connectivity index (χ4n) is 4.78. The van der Waals surface area contributed by atoms with E-state index in [1.54, 1.807) is 0 Å². The predicted molar refractivity (Wildman–Crippen MR) is 128 cm³/mol. The number of aliphatic hydroxyl groups excluding tert-OH is 1.